The summed E-state index contributed by atoms with van der Waals surface area (Å²) in [5, 5.41) is 11.7. The fraction of sp³-hybridized carbons (Fsp3) is 0.429. The first-order valence-corrected chi connectivity index (χ1v) is 11.8. The Kier molecular flexibility index (Phi) is 5.21. The standard InChI is InChI=1S/C21H25N3O4S/c1-29(27,28)20-8-4-7-19(21(20)24(25)26)22-12-9-16(10-13-22)15-23-14-11-17-5-2-3-6-18(17)23/h2-8,16H,9-15H2,1H3. The van der Waals surface area contributed by atoms with Gasteiger partial charge in [0.15, 0.2) is 9.84 Å². The highest BCUT2D eigenvalue weighted by Gasteiger charge is 2.31. The number of para-hydroxylation sites is 2. The number of piperidine rings is 1. The maximum Gasteiger partial charge on any atom is 0.311 e. The van der Waals surface area contributed by atoms with Crippen LogP contribution in [0.5, 0.6) is 0 Å². The molecule has 2 heterocycles. The molecular formula is C21H25N3O4S. The van der Waals surface area contributed by atoms with Crippen LogP contribution in [0.15, 0.2) is 47.4 Å². The van der Waals surface area contributed by atoms with E-state index in [9.17, 15) is 18.5 Å². The zero-order chi connectivity index (χ0) is 20.6. The van der Waals surface area contributed by atoms with Gasteiger partial charge in [0, 0.05) is 38.1 Å². The van der Waals surface area contributed by atoms with Gasteiger partial charge in [0.25, 0.3) is 0 Å². The van der Waals surface area contributed by atoms with Gasteiger partial charge in [0.2, 0.25) is 0 Å². The van der Waals surface area contributed by atoms with Gasteiger partial charge in [-0.05, 0) is 48.9 Å². The lowest BCUT2D eigenvalue weighted by atomic mass is 9.95. The van der Waals surface area contributed by atoms with Crippen LogP contribution in [0.3, 0.4) is 0 Å². The Morgan fingerprint density at radius 2 is 1.72 bits per heavy atom. The zero-order valence-corrected chi connectivity index (χ0v) is 17.3. The summed E-state index contributed by atoms with van der Waals surface area (Å²) in [6.07, 6.45) is 3.95. The smallest absolute Gasteiger partial charge is 0.311 e. The molecule has 7 nitrogen and oxygen atoms in total. The second-order valence-corrected chi connectivity index (χ2v) is 9.89. The minimum atomic E-state index is -3.67. The van der Waals surface area contributed by atoms with Crippen LogP contribution in [0.4, 0.5) is 17.1 Å². The molecule has 2 aromatic carbocycles. The Morgan fingerprint density at radius 1 is 1.03 bits per heavy atom. The summed E-state index contributed by atoms with van der Waals surface area (Å²) in [6.45, 7) is 3.42. The fourth-order valence-electron chi connectivity index (χ4n) is 4.51. The molecular weight excluding hydrogens is 390 g/mol. The molecule has 0 aromatic heterocycles. The lowest BCUT2D eigenvalue weighted by Crippen LogP contribution is -2.38. The fourth-order valence-corrected chi connectivity index (χ4v) is 5.37. The van der Waals surface area contributed by atoms with E-state index in [4.69, 9.17) is 0 Å². The van der Waals surface area contributed by atoms with Gasteiger partial charge in [0.1, 0.15) is 10.6 Å². The average molecular weight is 416 g/mol. The van der Waals surface area contributed by atoms with Crippen LogP contribution in [0.1, 0.15) is 18.4 Å². The van der Waals surface area contributed by atoms with Gasteiger partial charge in [-0.15, -0.1) is 0 Å². The van der Waals surface area contributed by atoms with Crippen LogP contribution >= 0.6 is 0 Å². The molecule has 0 amide bonds. The van der Waals surface area contributed by atoms with E-state index in [1.165, 1.54) is 17.3 Å². The minimum Gasteiger partial charge on any atom is -0.371 e. The van der Waals surface area contributed by atoms with Gasteiger partial charge in [-0.2, -0.15) is 0 Å². The second kappa shape index (κ2) is 7.67. The predicted octanol–water partition coefficient (Wildman–Crippen LogP) is 3.28. The molecule has 2 aliphatic rings. The van der Waals surface area contributed by atoms with E-state index < -0.39 is 14.8 Å². The van der Waals surface area contributed by atoms with E-state index in [1.54, 1.807) is 12.1 Å². The maximum absolute atomic E-state index is 12.0. The number of rotatable bonds is 5. The number of nitro benzene ring substituents is 1. The van der Waals surface area contributed by atoms with Crippen molar-refractivity contribution in [1.29, 1.82) is 0 Å². The van der Waals surface area contributed by atoms with Crippen LogP contribution in [0.2, 0.25) is 0 Å². The number of sulfone groups is 1. The highest BCUT2D eigenvalue weighted by atomic mass is 32.2. The summed E-state index contributed by atoms with van der Waals surface area (Å²) in [6, 6.07) is 13.1. The molecule has 4 rings (SSSR count). The minimum absolute atomic E-state index is 0.212. The third kappa shape index (κ3) is 3.94. The molecule has 154 valence electrons. The summed E-state index contributed by atoms with van der Waals surface area (Å²) in [4.78, 5) is 15.3. The van der Waals surface area contributed by atoms with Crippen LogP contribution < -0.4 is 9.80 Å². The molecule has 0 saturated carbocycles. The molecule has 0 unspecified atom stereocenters. The Labute approximate surface area is 171 Å². The van der Waals surface area contributed by atoms with Crippen LogP contribution in [0, 0.1) is 16.0 Å². The summed E-state index contributed by atoms with van der Waals surface area (Å²) in [5.74, 6) is 0.523. The highest BCUT2D eigenvalue weighted by molar-refractivity contribution is 7.90. The van der Waals surface area contributed by atoms with E-state index in [2.05, 4.69) is 29.2 Å². The first-order valence-electron chi connectivity index (χ1n) is 9.90. The quantitative estimate of drug-likeness (QED) is 0.550. The molecule has 2 aliphatic heterocycles. The van der Waals surface area contributed by atoms with Crippen LogP contribution in [-0.2, 0) is 16.3 Å². The van der Waals surface area contributed by atoms with Gasteiger partial charge in [-0.1, -0.05) is 24.3 Å². The Balaban J connectivity index is 1.47. The number of nitro groups is 1. The normalized spacial score (nSPS) is 17.4. The molecule has 0 atom stereocenters. The first-order chi connectivity index (χ1) is 13.8. The van der Waals surface area contributed by atoms with Crippen molar-refractivity contribution in [2.24, 2.45) is 5.92 Å². The molecule has 0 bridgehead atoms. The van der Waals surface area contributed by atoms with E-state index in [-0.39, 0.29) is 10.6 Å². The summed E-state index contributed by atoms with van der Waals surface area (Å²) in [7, 11) is -3.67. The topological polar surface area (TPSA) is 83.8 Å². The Morgan fingerprint density at radius 3 is 2.41 bits per heavy atom. The zero-order valence-electron chi connectivity index (χ0n) is 16.5. The predicted molar refractivity (Wildman–Crippen MR) is 114 cm³/mol. The van der Waals surface area contributed by atoms with Gasteiger partial charge in [0.05, 0.1) is 4.92 Å². The van der Waals surface area contributed by atoms with Gasteiger partial charge in [-0.3, -0.25) is 10.1 Å². The van der Waals surface area contributed by atoms with Gasteiger partial charge < -0.3 is 9.80 Å². The molecule has 0 radical (unpaired) electrons. The molecule has 0 N–H and O–H groups in total. The maximum atomic E-state index is 12.0. The van der Waals surface area contributed by atoms with Crippen molar-refractivity contribution in [3.8, 4) is 0 Å². The average Bonchev–Trinajstić information content (AvgIpc) is 3.10. The van der Waals surface area contributed by atoms with Crippen molar-refractivity contribution in [2.75, 3.05) is 42.2 Å². The monoisotopic (exact) mass is 415 g/mol. The van der Waals surface area contributed by atoms with Crippen molar-refractivity contribution < 1.29 is 13.3 Å². The van der Waals surface area contributed by atoms with E-state index >= 15 is 0 Å². The molecule has 2 aromatic rings. The largest absolute Gasteiger partial charge is 0.371 e. The summed E-state index contributed by atoms with van der Waals surface area (Å²) in [5.41, 5.74) is 2.83. The van der Waals surface area contributed by atoms with E-state index in [1.807, 2.05) is 4.90 Å². The van der Waals surface area contributed by atoms with Crippen molar-refractivity contribution in [3.05, 3.63) is 58.1 Å². The van der Waals surface area contributed by atoms with Crippen LogP contribution in [-0.4, -0.2) is 45.8 Å². The molecule has 1 saturated heterocycles. The van der Waals surface area contributed by atoms with Gasteiger partial charge in [-0.25, -0.2) is 8.42 Å². The molecule has 0 spiro atoms. The van der Waals surface area contributed by atoms with E-state index in [0.29, 0.717) is 24.7 Å². The Bertz CT molecular complexity index is 1030. The number of fused-ring (bicyclic) bond motifs is 1. The number of anilines is 2. The second-order valence-electron chi connectivity index (χ2n) is 7.91. The van der Waals surface area contributed by atoms with Crippen molar-refractivity contribution >= 4 is 26.9 Å². The SMILES string of the molecule is CS(=O)(=O)c1cccc(N2CCC(CN3CCc4ccccc43)CC2)c1[N+](=O)[O-]. The number of hydrogen-bond acceptors (Lipinski definition) is 6. The van der Waals surface area contributed by atoms with Crippen LogP contribution in [0.25, 0.3) is 0 Å². The molecule has 8 heteroatoms. The third-order valence-electron chi connectivity index (χ3n) is 5.98. The van der Waals surface area contributed by atoms with Gasteiger partial charge >= 0.3 is 5.69 Å². The Hall–Kier alpha value is -2.61. The number of benzene rings is 2. The third-order valence-corrected chi connectivity index (χ3v) is 7.11. The lowest BCUT2D eigenvalue weighted by Gasteiger charge is -2.35. The number of hydrogen-bond donors (Lipinski definition) is 0. The molecule has 1 fully saturated rings. The molecule has 0 aliphatic carbocycles. The lowest BCUT2D eigenvalue weighted by molar-refractivity contribution is -0.387. The van der Waals surface area contributed by atoms with Crippen molar-refractivity contribution in [1.82, 2.24) is 0 Å². The highest BCUT2D eigenvalue weighted by Crippen LogP contribution is 2.37. The molecule has 29 heavy (non-hydrogen) atoms. The van der Waals surface area contributed by atoms with Crippen molar-refractivity contribution in [3.63, 3.8) is 0 Å². The summed E-state index contributed by atoms with van der Waals surface area (Å²) < 4.78 is 24.0. The number of nitrogens with zero attached hydrogens (tertiary/aromatic N) is 3. The van der Waals surface area contributed by atoms with Crippen molar-refractivity contribution in [2.45, 2.75) is 24.2 Å². The van der Waals surface area contributed by atoms with E-state index in [0.717, 1.165) is 38.6 Å². The summed E-state index contributed by atoms with van der Waals surface area (Å²) >= 11 is 0. The first kappa shape index (κ1) is 19.7.